The maximum atomic E-state index is 13.1. The molecule has 2 aromatic rings. The number of likely N-dealkylation sites (N-methyl/N-ethyl adjacent to an activating group) is 1. The molecule has 1 aromatic heterocycles. The lowest BCUT2D eigenvalue weighted by molar-refractivity contribution is 0.0546. The first kappa shape index (κ1) is 16.3. The normalized spacial score (nSPS) is 27.6. The van der Waals surface area contributed by atoms with Crippen LogP contribution in [-0.4, -0.2) is 53.1 Å². The Hall–Kier alpha value is -2.14. The average Bonchev–Trinajstić information content (AvgIpc) is 3.24. The summed E-state index contributed by atoms with van der Waals surface area (Å²) in [6.45, 7) is 1.78. The molecule has 25 heavy (non-hydrogen) atoms. The first-order valence-corrected chi connectivity index (χ1v) is 9.22. The summed E-state index contributed by atoms with van der Waals surface area (Å²) in [4.78, 5) is 17.6. The van der Waals surface area contributed by atoms with E-state index in [4.69, 9.17) is 4.52 Å². The number of carbonyl (C=O) groups is 1. The lowest BCUT2D eigenvalue weighted by Gasteiger charge is -2.38. The van der Waals surface area contributed by atoms with Gasteiger partial charge in [0.05, 0.1) is 12.2 Å². The van der Waals surface area contributed by atoms with Crippen molar-refractivity contribution in [1.29, 1.82) is 0 Å². The van der Waals surface area contributed by atoms with Crippen LogP contribution < -0.4 is 0 Å². The summed E-state index contributed by atoms with van der Waals surface area (Å²) >= 11 is 0. The van der Waals surface area contributed by atoms with E-state index in [9.17, 15) is 4.79 Å². The van der Waals surface area contributed by atoms with E-state index in [0.29, 0.717) is 17.7 Å². The molecule has 0 aliphatic carbocycles. The van der Waals surface area contributed by atoms with Gasteiger partial charge in [0.25, 0.3) is 5.91 Å². The van der Waals surface area contributed by atoms with Crippen molar-refractivity contribution >= 4 is 5.91 Å². The number of likely N-dealkylation sites (tertiary alicyclic amines) is 2. The van der Waals surface area contributed by atoms with Crippen molar-refractivity contribution in [2.75, 3.05) is 20.1 Å². The van der Waals surface area contributed by atoms with Crippen LogP contribution in [0.5, 0.6) is 0 Å². The molecule has 4 rings (SSSR count). The van der Waals surface area contributed by atoms with E-state index in [1.165, 1.54) is 18.4 Å². The number of rotatable bonds is 2. The van der Waals surface area contributed by atoms with Gasteiger partial charge in [-0.15, -0.1) is 0 Å². The summed E-state index contributed by atoms with van der Waals surface area (Å²) in [5.41, 5.74) is 1.32. The summed E-state index contributed by atoms with van der Waals surface area (Å²) in [5.74, 6) is 0.660. The number of hydrogen-bond donors (Lipinski definition) is 0. The molecule has 5 nitrogen and oxygen atoms in total. The van der Waals surface area contributed by atoms with Crippen molar-refractivity contribution in [2.24, 2.45) is 0 Å². The Kier molecular flexibility index (Phi) is 4.57. The van der Waals surface area contributed by atoms with Crippen LogP contribution in [0, 0.1) is 0 Å². The van der Waals surface area contributed by atoms with Crippen LogP contribution in [-0.2, 0) is 0 Å². The predicted molar refractivity (Wildman–Crippen MR) is 95.4 cm³/mol. The molecular formula is C20H25N3O2. The number of nitrogens with zero attached hydrogens (tertiary/aromatic N) is 3. The number of fused-ring (bicyclic) bond motifs is 1. The van der Waals surface area contributed by atoms with Crippen LogP contribution >= 0.6 is 0 Å². The van der Waals surface area contributed by atoms with Gasteiger partial charge in [-0.3, -0.25) is 4.79 Å². The van der Waals surface area contributed by atoms with Crippen LogP contribution in [0.3, 0.4) is 0 Å². The van der Waals surface area contributed by atoms with Crippen LogP contribution in [0.25, 0.3) is 0 Å². The second-order valence-electron chi connectivity index (χ2n) is 7.24. The molecule has 2 aliphatic heterocycles. The first-order chi connectivity index (χ1) is 12.3. The molecule has 0 bridgehead atoms. The van der Waals surface area contributed by atoms with Crippen molar-refractivity contribution in [1.82, 2.24) is 15.0 Å². The zero-order valence-electron chi connectivity index (χ0n) is 14.7. The SMILES string of the molecule is CN1C[C@@H](c2ccccc2)[C@H]2[C@@H]1CCCCCN2C(=O)c1ccno1. The summed E-state index contributed by atoms with van der Waals surface area (Å²) in [7, 11) is 2.19. The van der Waals surface area contributed by atoms with E-state index in [1.54, 1.807) is 12.3 Å². The highest BCUT2D eigenvalue weighted by Gasteiger charge is 2.46. The molecule has 0 N–H and O–H groups in total. The Morgan fingerprint density at radius 3 is 2.76 bits per heavy atom. The summed E-state index contributed by atoms with van der Waals surface area (Å²) < 4.78 is 5.18. The average molecular weight is 339 g/mol. The predicted octanol–water partition coefficient (Wildman–Crippen LogP) is 3.16. The number of aromatic nitrogens is 1. The van der Waals surface area contributed by atoms with Gasteiger partial charge >= 0.3 is 0 Å². The van der Waals surface area contributed by atoms with Gasteiger partial charge in [-0.1, -0.05) is 48.3 Å². The van der Waals surface area contributed by atoms with Gasteiger partial charge in [-0.25, -0.2) is 0 Å². The van der Waals surface area contributed by atoms with Gasteiger partial charge in [0.15, 0.2) is 0 Å². The summed E-state index contributed by atoms with van der Waals surface area (Å²) in [5, 5.41) is 3.72. The number of carbonyl (C=O) groups excluding carboxylic acids is 1. The van der Waals surface area contributed by atoms with E-state index < -0.39 is 0 Å². The third-order valence-corrected chi connectivity index (χ3v) is 5.75. The van der Waals surface area contributed by atoms with Crippen LogP contribution in [0.1, 0.15) is 47.7 Å². The van der Waals surface area contributed by atoms with E-state index in [2.05, 4.69) is 52.3 Å². The fourth-order valence-electron chi connectivity index (χ4n) is 4.57. The van der Waals surface area contributed by atoms with Crippen molar-refractivity contribution in [2.45, 2.75) is 43.7 Å². The molecule has 1 aromatic carbocycles. The minimum Gasteiger partial charge on any atom is -0.351 e. The first-order valence-electron chi connectivity index (χ1n) is 9.22. The highest BCUT2D eigenvalue weighted by molar-refractivity contribution is 5.91. The smallest absolute Gasteiger partial charge is 0.292 e. The van der Waals surface area contributed by atoms with Gasteiger partial charge in [0.2, 0.25) is 5.76 Å². The maximum Gasteiger partial charge on any atom is 0.292 e. The summed E-state index contributed by atoms with van der Waals surface area (Å²) in [6, 6.07) is 12.9. The Balaban J connectivity index is 1.71. The Morgan fingerprint density at radius 2 is 2.00 bits per heavy atom. The van der Waals surface area contributed by atoms with Crippen molar-refractivity contribution in [3.8, 4) is 0 Å². The molecule has 0 spiro atoms. The number of amides is 1. The number of hydrogen-bond acceptors (Lipinski definition) is 4. The van der Waals surface area contributed by atoms with Gasteiger partial charge in [0.1, 0.15) is 0 Å². The molecule has 0 unspecified atom stereocenters. The fourth-order valence-corrected chi connectivity index (χ4v) is 4.57. The van der Waals surface area contributed by atoms with Gasteiger partial charge in [0, 0.05) is 31.1 Å². The molecule has 1 amide bonds. The maximum absolute atomic E-state index is 13.1. The van der Waals surface area contributed by atoms with Crippen LogP contribution in [0.15, 0.2) is 47.1 Å². The molecule has 0 saturated carbocycles. The summed E-state index contributed by atoms with van der Waals surface area (Å²) in [6.07, 6.45) is 6.15. The molecule has 2 saturated heterocycles. The molecule has 2 aliphatic rings. The third-order valence-electron chi connectivity index (χ3n) is 5.75. The monoisotopic (exact) mass is 339 g/mol. The van der Waals surface area contributed by atoms with Gasteiger partial charge in [-0.05, 0) is 25.5 Å². The quantitative estimate of drug-likeness (QED) is 0.843. The zero-order valence-corrected chi connectivity index (χ0v) is 14.7. The van der Waals surface area contributed by atoms with Crippen LogP contribution in [0.2, 0.25) is 0 Å². The Morgan fingerprint density at radius 1 is 1.16 bits per heavy atom. The largest absolute Gasteiger partial charge is 0.351 e. The minimum absolute atomic E-state index is 0.0226. The number of benzene rings is 1. The topological polar surface area (TPSA) is 49.6 Å². The molecule has 3 heterocycles. The van der Waals surface area contributed by atoms with Crippen molar-refractivity contribution in [3.05, 3.63) is 53.9 Å². The lowest BCUT2D eigenvalue weighted by atomic mass is 9.86. The van der Waals surface area contributed by atoms with Gasteiger partial charge in [-0.2, -0.15) is 0 Å². The second-order valence-corrected chi connectivity index (χ2v) is 7.24. The van der Waals surface area contributed by atoms with E-state index in [-0.39, 0.29) is 11.9 Å². The van der Waals surface area contributed by atoms with E-state index in [1.807, 2.05) is 0 Å². The van der Waals surface area contributed by atoms with Crippen molar-refractivity contribution in [3.63, 3.8) is 0 Å². The van der Waals surface area contributed by atoms with E-state index >= 15 is 0 Å². The fraction of sp³-hybridized carbons (Fsp3) is 0.500. The van der Waals surface area contributed by atoms with Crippen molar-refractivity contribution < 1.29 is 9.32 Å². The third kappa shape index (κ3) is 3.09. The Bertz CT molecular complexity index is 701. The van der Waals surface area contributed by atoms with Gasteiger partial charge < -0.3 is 14.3 Å². The molecule has 132 valence electrons. The second kappa shape index (κ2) is 7.00. The Labute approximate surface area is 148 Å². The highest BCUT2D eigenvalue weighted by Crippen LogP contribution is 2.38. The lowest BCUT2D eigenvalue weighted by Crippen LogP contribution is -2.50. The molecule has 0 radical (unpaired) electrons. The highest BCUT2D eigenvalue weighted by atomic mass is 16.5. The molecule has 3 atom stereocenters. The van der Waals surface area contributed by atoms with E-state index in [0.717, 1.165) is 25.9 Å². The molecule has 2 fully saturated rings. The zero-order chi connectivity index (χ0) is 17.2. The minimum atomic E-state index is -0.0226. The molecule has 5 heteroatoms. The van der Waals surface area contributed by atoms with Crippen LogP contribution in [0.4, 0.5) is 0 Å². The standard InChI is InChI=1S/C20H25N3O2/c1-22-14-16(15-8-4-2-5-9-15)19-17(22)10-6-3-7-13-23(19)20(24)18-11-12-21-25-18/h2,4-5,8-9,11-12,16-17,19H,3,6-7,10,13-14H2,1H3/t16-,17-,19-/m0/s1. The molecular weight excluding hydrogens is 314 g/mol.